The molecule has 1 aromatic rings. The summed E-state index contributed by atoms with van der Waals surface area (Å²) in [6, 6.07) is 4.51. The number of alkyl halides is 3. The predicted octanol–water partition coefficient (Wildman–Crippen LogP) is 4.21. The van der Waals surface area contributed by atoms with E-state index in [1.165, 1.54) is 12.1 Å². The molecule has 120 valence electrons. The second kappa shape index (κ2) is 7.89. The van der Waals surface area contributed by atoms with Crippen LogP contribution in [0.5, 0.6) is 5.75 Å². The number of unbranched alkanes of at least 4 members (excludes halogenated alkanes) is 3. The fraction of sp³-hybridized carbons (Fsp3) is 0.538. The number of ether oxygens (including phenoxy) is 1. The van der Waals surface area contributed by atoms with Crippen LogP contribution in [-0.2, 0) is 15.2 Å². The van der Waals surface area contributed by atoms with Gasteiger partial charge in [0, 0.05) is 10.7 Å². The highest BCUT2D eigenvalue weighted by atomic mass is 35.7. The molecule has 0 saturated carbocycles. The van der Waals surface area contributed by atoms with E-state index in [9.17, 15) is 21.6 Å². The quantitative estimate of drug-likeness (QED) is 0.524. The molecule has 1 rings (SSSR count). The summed E-state index contributed by atoms with van der Waals surface area (Å²) in [4.78, 5) is 0. The van der Waals surface area contributed by atoms with Gasteiger partial charge < -0.3 is 4.74 Å². The summed E-state index contributed by atoms with van der Waals surface area (Å²) in [5.41, 5.74) is -0.711. The van der Waals surface area contributed by atoms with E-state index in [0.29, 0.717) is 31.6 Å². The zero-order valence-electron chi connectivity index (χ0n) is 11.2. The van der Waals surface area contributed by atoms with Crippen molar-refractivity contribution in [2.75, 3.05) is 12.4 Å². The molecule has 0 fully saturated rings. The van der Waals surface area contributed by atoms with Crippen molar-refractivity contribution in [1.82, 2.24) is 0 Å². The highest BCUT2D eigenvalue weighted by molar-refractivity contribution is 8.13. The second-order valence-electron chi connectivity index (χ2n) is 4.53. The summed E-state index contributed by atoms with van der Waals surface area (Å²) in [6.45, 7) is 0.374. The van der Waals surface area contributed by atoms with Crippen molar-refractivity contribution in [1.29, 1.82) is 0 Å². The van der Waals surface area contributed by atoms with Crippen LogP contribution in [0.3, 0.4) is 0 Å². The Labute approximate surface area is 126 Å². The largest absolute Gasteiger partial charge is 0.494 e. The van der Waals surface area contributed by atoms with Gasteiger partial charge in [0.25, 0.3) is 0 Å². The maximum atomic E-state index is 12.3. The van der Waals surface area contributed by atoms with Crippen LogP contribution in [0.25, 0.3) is 0 Å². The number of halogens is 4. The van der Waals surface area contributed by atoms with Gasteiger partial charge in [-0.05, 0) is 37.1 Å². The molecule has 0 aromatic heterocycles. The van der Waals surface area contributed by atoms with Crippen LogP contribution < -0.4 is 4.74 Å². The lowest BCUT2D eigenvalue weighted by molar-refractivity contribution is -0.137. The molecule has 0 amide bonds. The molecule has 0 aliphatic carbocycles. The lowest BCUT2D eigenvalue weighted by Crippen LogP contribution is -2.04. The molecule has 0 spiro atoms. The van der Waals surface area contributed by atoms with Crippen LogP contribution in [0.1, 0.15) is 31.2 Å². The van der Waals surface area contributed by atoms with E-state index in [-0.39, 0.29) is 5.75 Å². The first-order valence-electron chi connectivity index (χ1n) is 6.41. The Balaban J connectivity index is 2.19. The first kappa shape index (κ1) is 18.1. The lowest BCUT2D eigenvalue weighted by atomic mass is 10.2. The van der Waals surface area contributed by atoms with Gasteiger partial charge in [0.05, 0.1) is 17.9 Å². The molecule has 0 aliphatic rings. The Morgan fingerprint density at radius 1 is 1.00 bits per heavy atom. The normalized spacial score (nSPS) is 12.4. The summed E-state index contributed by atoms with van der Waals surface area (Å²) >= 11 is 0. The SMILES string of the molecule is O=S(=O)(Cl)CCCCCCOc1ccc(C(F)(F)F)cc1. The lowest BCUT2D eigenvalue weighted by Gasteiger charge is -2.09. The Morgan fingerprint density at radius 2 is 1.57 bits per heavy atom. The minimum Gasteiger partial charge on any atom is -0.494 e. The fourth-order valence-corrected chi connectivity index (χ4v) is 2.54. The van der Waals surface area contributed by atoms with Crippen molar-refractivity contribution in [2.24, 2.45) is 0 Å². The van der Waals surface area contributed by atoms with E-state index in [4.69, 9.17) is 15.4 Å². The molecule has 0 N–H and O–H groups in total. The molecule has 0 unspecified atom stereocenters. The highest BCUT2D eigenvalue weighted by Gasteiger charge is 2.29. The van der Waals surface area contributed by atoms with Gasteiger partial charge in [-0.1, -0.05) is 12.8 Å². The van der Waals surface area contributed by atoms with E-state index in [1.807, 2.05) is 0 Å². The average molecular weight is 345 g/mol. The molecule has 0 heterocycles. The topological polar surface area (TPSA) is 43.4 Å². The third kappa shape index (κ3) is 8.16. The van der Waals surface area contributed by atoms with E-state index in [0.717, 1.165) is 18.6 Å². The van der Waals surface area contributed by atoms with Gasteiger partial charge in [-0.3, -0.25) is 0 Å². The Morgan fingerprint density at radius 3 is 2.10 bits per heavy atom. The number of hydrogen-bond acceptors (Lipinski definition) is 3. The van der Waals surface area contributed by atoms with E-state index in [2.05, 4.69) is 0 Å². The van der Waals surface area contributed by atoms with Crippen molar-refractivity contribution >= 4 is 19.7 Å². The van der Waals surface area contributed by atoms with Gasteiger partial charge in [0.1, 0.15) is 5.75 Å². The molecule has 0 atom stereocenters. The molecule has 21 heavy (non-hydrogen) atoms. The van der Waals surface area contributed by atoms with Crippen LogP contribution in [-0.4, -0.2) is 20.8 Å². The number of benzene rings is 1. The van der Waals surface area contributed by atoms with E-state index in [1.54, 1.807) is 0 Å². The number of rotatable bonds is 8. The molecule has 0 bridgehead atoms. The van der Waals surface area contributed by atoms with E-state index >= 15 is 0 Å². The third-order valence-corrected chi connectivity index (χ3v) is 3.97. The highest BCUT2D eigenvalue weighted by Crippen LogP contribution is 2.30. The maximum absolute atomic E-state index is 12.3. The van der Waals surface area contributed by atoms with Gasteiger partial charge in [-0.25, -0.2) is 8.42 Å². The zero-order chi connectivity index (χ0) is 15.9. The summed E-state index contributed by atoms with van der Waals surface area (Å²) < 4.78 is 63.6. The molecular weight excluding hydrogens is 329 g/mol. The molecule has 1 aromatic carbocycles. The van der Waals surface area contributed by atoms with Gasteiger partial charge in [-0.2, -0.15) is 13.2 Å². The monoisotopic (exact) mass is 344 g/mol. The number of hydrogen-bond donors (Lipinski definition) is 0. The average Bonchev–Trinajstić information content (AvgIpc) is 2.36. The summed E-state index contributed by atoms with van der Waals surface area (Å²) in [6.07, 6.45) is -1.67. The minimum atomic E-state index is -4.35. The van der Waals surface area contributed by atoms with Crippen molar-refractivity contribution < 1.29 is 26.3 Å². The molecule has 3 nitrogen and oxygen atoms in total. The van der Waals surface area contributed by atoms with Crippen molar-refractivity contribution in [3.63, 3.8) is 0 Å². The zero-order valence-corrected chi connectivity index (χ0v) is 12.8. The maximum Gasteiger partial charge on any atom is 0.416 e. The van der Waals surface area contributed by atoms with Gasteiger partial charge >= 0.3 is 6.18 Å². The molecule has 8 heteroatoms. The molecule has 0 radical (unpaired) electrons. The summed E-state index contributed by atoms with van der Waals surface area (Å²) in [5.74, 6) is 0.334. The van der Waals surface area contributed by atoms with Gasteiger partial charge in [-0.15, -0.1) is 0 Å². The predicted molar refractivity (Wildman–Crippen MR) is 75.0 cm³/mol. The Hall–Kier alpha value is -0.950. The smallest absolute Gasteiger partial charge is 0.416 e. The fourth-order valence-electron chi connectivity index (χ4n) is 1.66. The van der Waals surface area contributed by atoms with Crippen LogP contribution >= 0.6 is 10.7 Å². The summed E-state index contributed by atoms with van der Waals surface area (Å²) in [5, 5.41) is 0. The van der Waals surface area contributed by atoms with Crippen LogP contribution in [0.2, 0.25) is 0 Å². The third-order valence-electron chi connectivity index (χ3n) is 2.73. The minimum absolute atomic E-state index is 0.0473. The van der Waals surface area contributed by atoms with Crippen molar-refractivity contribution in [2.45, 2.75) is 31.9 Å². The first-order valence-corrected chi connectivity index (χ1v) is 8.89. The van der Waals surface area contributed by atoms with Crippen LogP contribution in [0.15, 0.2) is 24.3 Å². The Bertz CT molecular complexity index is 527. The molecule has 0 saturated heterocycles. The van der Waals surface area contributed by atoms with Crippen molar-refractivity contribution in [3.05, 3.63) is 29.8 Å². The molecule has 0 aliphatic heterocycles. The van der Waals surface area contributed by atoms with Crippen molar-refractivity contribution in [3.8, 4) is 5.75 Å². The standard InChI is InChI=1S/C13H16ClF3O3S/c14-21(18,19)10-4-2-1-3-9-20-12-7-5-11(6-8-12)13(15,16)17/h5-8H,1-4,9-10H2. The second-order valence-corrected chi connectivity index (χ2v) is 7.42. The first-order chi connectivity index (χ1) is 9.68. The van der Waals surface area contributed by atoms with Gasteiger partial charge in [0.15, 0.2) is 0 Å². The molecular formula is C13H16ClF3O3S. The van der Waals surface area contributed by atoms with Crippen LogP contribution in [0, 0.1) is 0 Å². The van der Waals surface area contributed by atoms with E-state index < -0.39 is 20.8 Å². The Kier molecular flexibility index (Phi) is 6.80. The van der Waals surface area contributed by atoms with Crippen LogP contribution in [0.4, 0.5) is 13.2 Å². The van der Waals surface area contributed by atoms with Gasteiger partial charge in [0.2, 0.25) is 9.05 Å². The summed E-state index contributed by atoms with van der Waals surface area (Å²) in [7, 11) is 1.64.